The third-order valence-corrected chi connectivity index (χ3v) is 5.93. The van der Waals surface area contributed by atoms with E-state index in [-0.39, 0.29) is 10.8 Å². The second-order valence-electron chi connectivity index (χ2n) is 6.42. The Morgan fingerprint density at radius 1 is 1.15 bits per heavy atom. The molecule has 0 heterocycles. The van der Waals surface area contributed by atoms with E-state index < -0.39 is 0 Å². The molecule has 20 heavy (non-hydrogen) atoms. The Morgan fingerprint density at radius 2 is 1.90 bits per heavy atom. The molecule has 4 bridgehead atoms. The molecule has 4 unspecified atom stereocenters. The van der Waals surface area contributed by atoms with Crippen molar-refractivity contribution in [2.45, 2.75) is 26.7 Å². The Balaban J connectivity index is 1.89. The highest BCUT2D eigenvalue weighted by Gasteiger charge is 2.79. The first-order valence-corrected chi connectivity index (χ1v) is 7.72. The van der Waals surface area contributed by atoms with Gasteiger partial charge in [0.2, 0.25) is 0 Å². The van der Waals surface area contributed by atoms with Gasteiger partial charge < -0.3 is 0 Å². The standard InChI is InChI=1S/C19H20O/c1-3-18-11-10-14-16(19(14,4-2)17(18)20)15(18)12-13-8-6-5-7-9-13/h5-12,14,16H,3-4H2,1-2H3/b15-12-. The summed E-state index contributed by atoms with van der Waals surface area (Å²) in [6.07, 6.45) is 8.69. The number of allylic oxidation sites excluding steroid dienone is 3. The minimum absolute atomic E-state index is 0.0502. The zero-order valence-electron chi connectivity index (χ0n) is 12.1. The van der Waals surface area contributed by atoms with Crippen molar-refractivity contribution < 1.29 is 4.79 Å². The molecule has 0 saturated heterocycles. The number of carbonyl (C=O) groups is 1. The van der Waals surface area contributed by atoms with E-state index >= 15 is 0 Å². The molecule has 2 fully saturated rings. The van der Waals surface area contributed by atoms with Crippen LogP contribution in [0.2, 0.25) is 0 Å². The Kier molecular flexibility index (Phi) is 2.26. The molecule has 0 radical (unpaired) electrons. The molecule has 4 aliphatic rings. The largest absolute Gasteiger partial charge is 0.298 e. The third-order valence-electron chi connectivity index (χ3n) is 5.93. The number of Topliss-reactive ketones (excluding diaryl/α,β-unsaturated/α-hetero) is 1. The van der Waals surface area contributed by atoms with E-state index in [2.05, 4.69) is 56.3 Å². The molecule has 0 aliphatic heterocycles. The van der Waals surface area contributed by atoms with Gasteiger partial charge in [0.25, 0.3) is 0 Å². The molecular formula is C19H20O. The Morgan fingerprint density at radius 3 is 2.55 bits per heavy atom. The van der Waals surface area contributed by atoms with Crippen LogP contribution in [0.15, 0.2) is 48.1 Å². The van der Waals surface area contributed by atoms with Crippen molar-refractivity contribution in [2.24, 2.45) is 22.7 Å². The Labute approximate surface area is 120 Å². The molecule has 4 atom stereocenters. The number of hydrogen-bond acceptors (Lipinski definition) is 1. The summed E-state index contributed by atoms with van der Waals surface area (Å²) in [7, 11) is 0. The molecular weight excluding hydrogens is 244 g/mol. The molecule has 0 aromatic heterocycles. The summed E-state index contributed by atoms with van der Waals surface area (Å²) >= 11 is 0. The van der Waals surface area contributed by atoms with Gasteiger partial charge >= 0.3 is 0 Å². The third kappa shape index (κ3) is 1.14. The molecule has 102 valence electrons. The molecule has 1 nitrogen and oxygen atoms in total. The highest BCUT2D eigenvalue weighted by molar-refractivity contribution is 6.06. The van der Waals surface area contributed by atoms with E-state index in [1.807, 2.05) is 6.07 Å². The van der Waals surface area contributed by atoms with E-state index in [4.69, 9.17) is 0 Å². The first kappa shape index (κ1) is 12.1. The molecule has 4 aliphatic carbocycles. The summed E-state index contributed by atoms with van der Waals surface area (Å²) in [4.78, 5) is 13.0. The number of hydrogen-bond donors (Lipinski definition) is 0. The maximum Gasteiger partial charge on any atom is 0.154 e. The quantitative estimate of drug-likeness (QED) is 0.745. The van der Waals surface area contributed by atoms with Gasteiger partial charge in [0, 0.05) is 11.3 Å². The lowest BCUT2D eigenvalue weighted by molar-refractivity contribution is -0.129. The van der Waals surface area contributed by atoms with E-state index in [9.17, 15) is 4.79 Å². The van der Waals surface area contributed by atoms with Crippen LogP contribution in [-0.2, 0) is 4.79 Å². The lowest BCUT2D eigenvalue weighted by Gasteiger charge is -2.33. The van der Waals surface area contributed by atoms with Crippen molar-refractivity contribution in [3.63, 3.8) is 0 Å². The number of rotatable bonds is 3. The smallest absolute Gasteiger partial charge is 0.154 e. The van der Waals surface area contributed by atoms with Crippen molar-refractivity contribution in [1.29, 1.82) is 0 Å². The second kappa shape index (κ2) is 3.72. The molecule has 1 heteroatoms. The van der Waals surface area contributed by atoms with Crippen LogP contribution in [0.3, 0.4) is 0 Å². The van der Waals surface area contributed by atoms with Crippen molar-refractivity contribution in [1.82, 2.24) is 0 Å². The van der Waals surface area contributed by atoms with E-state index in [0.29, 0.717) is 17.6 Å². The summed E-state index contributed by atoms with van der Waals surface area (Å²) in [6, 6.07) is 10.4. The molecule has 1 aromatic carbocycles. The van der Waals surface area contributed by atoms with Crippen LogP contribution in [-0.4, -0.2) is 5.78 Å². The van der Waals surface area contributed by atoms with Crippen LogP contribution in [0, 0.1) is 22.7 Å². The molecule has 1 aromatic rings. The molecule has 0 spiro atoms. The predicted octanol–water partition coefficient (Wildman–Crippen LogP) is 4.26. The highest BCUT2D eigenvalue weighted by Crippen LogP contribution is 2.79. The summed E-state index contributed by atoms with van der Waals surface area (Å²) < 4.78 is 0. The van der Waals surface area contributed by atoms with Gasteiger partial charge in [-0.25, -0.2) is 0 Å². The van der Waals surface area contributed by atoms with Crippen molar-refractivity contribution >= 4 is 11.9 Å². The summed E-state index contributed by atoms with van der Waals surface area (Å²) in [5, 5.41) is 0. The Hall–Kier alpha value is -1.63. The number of carbonyl (C=O) groups excluding carboxylic acids is 1. The summed E-state index contributed by atoms with van der Waals surface area (Å²) in [5.74, 6) is 1.45. The summed E-state index contributed by atoms with van der Waals surface area (Å²) in [6.45, 7) is 4.32. The fraction of sp³-hybridized carbons (Fsp3) is 0.421. The minimum atomic E-state index is -0.300. The number of benzene rings is 1. The maximum absolute atomic E-state index is 13.0. The van der Waals surface area contributed by atoms with Gasteiger partial charge in [0.15, 0.2) is 5.78 Å². The molecule has 5 rings (SSSR count). The predicted molar refractivity (Wildman–Crippen MR) is 81.0 cm³/mol. The van der Waals surface area contributed by atoms with E-state index in [0.717, 1.165) is 12.8 Å². The molecule has 2 saturated carbocycles. The minimum Gasteiger partial charge on any atom is -0.298 e. The van der Waals surface area contributed by atoms with Crippen LogP contribution in [0.25, 0.3) is 6.08 Å². The van der Waals surface area contributed by atoms with Gasteiger partial charge in [-0.15, -0.1) is 0 Å². The lowest BCUT2D eigenvalue weighted by atomic mass is 9.68. The number of ketones is 1. The van der Waals surface area contributed by atoms with Gasteiger partial charge in [0.1, 0.15) is 0 Å². The molecule has 0 amide bonds. The van der Waals surface area contributed by atoms with Gasteiger partial charge in [-0.05, 0) is 29.9 Å². The zero-order chi connectivity index (χ0) is 14.0. The Bertz CT molecular complexity index is 639. The first-order valence-electron chi connectivity index (χ1n) is 7.72. The van der Waals surface area contributed by atoms with Crippen LogP contribution in [0.4, 0.5) is 0 Å². The van der Waals surface area contributed by atoms with Crippen LogP contribution >= 0.6 is 0 Å². The monoisotopic (exact) mass is 264 g/mol. The average molecular weight is 264 g/mol. The van der Waals surface area contributed by atoms with Gasteiger partial charge in [-0.2, -0.15) is 0 Å². The van der Waals surface area contributed by atoms with E-state index in [1.54, 1.807) is 0 Å². The van der Waals surface area contributed by atoms with Crippen molar-refractivity contribution in [3.8, 4) is 0 Å². The normalized spacial score (nSPS) is 42.3. The van der Waals surface area contributed by atoms with Crippen LogP contribution < -0.4 is 0 Å². The van der Waals surface area contributed by atoms with E-state index in [1.165, 1.54) is 11.1 Å². The fourth-order valence-electron chi connectivity index (χ4n) is 4.83. The molecule has 0 N–H and O–H groups in total. The van der Waals surface area contributed by atoms with Gasteiger partial charge in [-0.3, -0.25) is 4.79 Å². The first-order chi connectivity index (χ1) is 9.70. The SMILES string of the molecule is CCC12C=CC3C(/C1=C/c1ccccc1)C3(CC)C2=O. The average Bonchev–Trinajstić information content (AvgIpc) is 3.14. The maximum atomic E-state index is 13.0. The van der Waals surface area contributed by atoms with Crippen LogP contribution in [0.5, 0.6) is 0 Å². The van der Waals surface area contributed by atoms with Crippen LogP contribution in [0.1, 0.15) is 32.3 Å². The fourth-order valence-corrected chi connectivity index (χ4v) is 4.83. The zero-order valence-corrected chi connectivity index (χ0v) is 12.1. The van der Waals surface area contributed by atoms with Gasteiger partial charge in [-0.1, -0.05) is 62.4 Å². The second-order valence-corrected chi connectivity index (χ2v) is 6.42. The lowest BCUT2D eigenvalue weighted by Crippen LogP contribution is -2.36. The van der Waals surface area contributed by atoms with Crippen molar-refractivity contribution in [3.05, 3.63) is 53.6 Å². The topological polar surface area (TPSA) is 17.1 Å². The van der Waals surface area contributed by atoms with Gasteiger partial charge in [0.05, 0.1) is 5.41 Å². The summed E-state index contributed by atoms with van der Waals surface area (Å²) in [5.41, 5.74) is 2.25. The van der Waals surface area contributed by atoms with Crippen molar-refractivity contribution in [2.75, 3.05) is 0 Å². The highest BCUT2D eigenvalue weighted by atomic mass is 16.1.